The first-order valence-corrected chi connectivity index (χ1v) is 9.96. The van der Waals surface area contributed by atoms with Gasteiger partial charge in [0.1, 0.15) is 0 Å². The lowest BCUT2D eigenvalue weighted by Crippen LogP contribution is -2.26. The van der Waals surface area contributed by atoms with E-state index in [1.165, 1.54) is 0 Å². The summed E-state index contributed by atoms with van der Waals surface area (Å²) < 4.78 is 1.56. The predicted octanol–water partition coefficient (Wildman–Crippen LogP) is 3.67. The van der Waals surface area contributed by atoms with E-state index in [0.717, 1.165) is 22.9 Å². The third kappa shape index (κ3) is 4.32. The molecule has 0 spiro atoms. The number of nitrogens with one attached hydrogen (secondary N) is 2. The lowest BCUT2D eigenvalue weighted by Gasteiger charge is -2.07. The molecule has 0 atom stereocenters. The first-order chi connectivity index (χ1) is 14.1. The van der Waals surface area contributed by atoms with Crippen LogP contribution in [0.3, 0.4) is 0 Å². The van der Waals surface area contributed by atoms with Gasteiger partial charge in [-0.25, -0.2) is 4.98 Å². The van der Waals surface area contributed by atoms with Crippen molar-refractivity contribution in [1.29, 1.82) is 0 Å². The lowest BCUT2D eigenvalue weighted by atomic mass is 10.1. The Bertz CT molecular complexity index is 1230. The summed E-state index contributed by atoms with van der Waals surface area (Å²) in [6.07, 6.45) is 5.16. The maximum Gasteiger partial charge on any atom is 0.261 e. The molecular weight excluding hydrogens is 388 g/mol. The highest BCUT2D eigenvalue weighted by Crippen LogP contribution is 2.22. The fourth-order valence-electron chi connectivity index (χ4n) is 3.46. The fraction of sp³-hybridized carbons (Fsp3) is 0.227. The Hall–Kier alpha value is -3.12. The van der Waals surface area contributed by atoms with Crippen molar-refractivity contribution >= 4 is 39.3 Å². The molecular formula is C22H21ClN4O2. The number of amides is 1. The Morgan fingerprint density at radius 2 is 2.03 bits per heavy atom. The number of fused-ring (bicyclic) bond motifs is 2. The second-order valence-electron chi connectivity index (χ2n) is 6.97. The van der Waals surface area contributed by atoms with Crippen LogP contribution in [0.4, 0.5) is 0 Å². The van der Waals surface area contributed by atoms with Crippen LogP contribution in [0.15, 0.2) is 59.8 Å². The van der Waals surface area contributed by atoms with E-state index in [4.69, 9.17) is 11.6 Å². The Morgan fingerprint density at radius 1 is 1.17 bits per heavy atom. The molecule has 2 heterocycles. The van der Waals surface area contributed by atoms with Crippen LogP contribution in [-0.4, -0.2) is 27.0 Å². The number of rotatable bonds is 7. The van der Waals surface area contributed by atoms with E-state index in [9.17, 15) is 9.59 Å². The summed E-state index contributed by atoms with van der Waals surface area (Å²) in [6, 6.07) is 13.0. The molecule has 0 fully saturated rings. The standard InChI is InChI=1S/C22H21ClN4O2/c23-16-7-8-20-18(12-16)15(13-25-20)9-10-24-21(28)6-3-11-27-14-26-19-5-2-1-4-17(19)22(27)29/h1-2,4-5,7-8,12-14,25H,3,6,9-11H2,(H,24,28). The van der Waals surface area contributed by atoms with Crippen LogP contribution in [-0.2, 0) is 17.8 Å². The average Bonchev–Trinajstić information content (AvgIpc) is 3.12. The third-order valence-electron chi connectivity index (χ3n) is 4.98. The highest BCUT2D eigenvalue weighted by atomic mass is 35.5. The molecule has 2 N–H and O–H groups in total. The molecule has 4 aromatic rings. The summed E-state index contributed by atoms with van der Waals surface area (Å²) in [7, 11) is 0. The minimum Gasteiger partial charge on any atom is -0.361 e. The van der Waals surface area contributed by atoms with Gasteiger partial charge in [0.25, 0.3) is 5.56 Å². The molecule has 2 aromatic carbocycles. The molecule has 29 heavy (non-hydrogen) atoms. The molecule has 0 radical (unpaired) electrons. The Balaban J connectivity index is 1.27. The quantitative estimate of drug-likeness (QED) is 0.489. The Kier molecular flexibility index (Phi) is 5.62. The van der Waals surface area contributed by atoms with Crippen LogP contribution in [0, 0.1) is 0 Å². The van der Waals surface area contributed by atoms with E-state index in [-0.39, 0.29) is 11.5 Å². The molecule has 0 aliphatic carbocycles. The number of halogens is 1. The van der Waals surface area contributed by atoms with Crippen LogP contribution in [0.25, 0.3) is 21.8 Å². The predicted molar refractivity (Wildman–Crippen MR) is 115 cm³/mol. The number of H-pyrrole nitrogens is 1. The molecule has 4 rings (SSSR count). The molecule has 0 aliphatic rings. The van der Waals surface area contributed by atoms with Crippen molar-refractivity contribution in [3.05, 3.63) is 75.9 Å². The number of aryl methyl sites for hydroxylation is 1. The fourth-order valence-corrected chi connectivity index (χ4v) is 3.63. The van der Waals surface area contributed by atoms with Crippen LogP contribution in [0.2, 0.25) is 5.02 Å². The van der Waals surface area contributed by atoms with Crippen molar-refractivity contribution in [1.82, 2.24) is 19.9 Å². The van der Waals surface area contributed by atoms with Gasteiger partial charge in [0.05, 0.1) is 17.2 Å². The lowest BCUT2D eigenvalue weighted by molar-refractivity contribution is -0.121. The van der Waals surface area contributed by atoms with Gasteiger partial charge in [-0.1, -0.05) is 23.7 Å². The van der Waals surface area contributed by atoms with Gasteiger partial charge in [0.15, 0.2) is 0 Å². The Labute approximate surface area is 172 Å². The maximum absolute atomic E-state index is 12.4. The monoisotopic (exact) mass is 408 g/mol. The smallest absolute Gasteiger partial charge is 0.261 e. The summed E-state index contributed by atoms with van der Waals surface area (Å²) in [5, 5.41) is 5.31. The summed E-state index contributed by atoms with van der Waals surface area (Å²) in [4.78, 5) is 32.1. The van der Waals surface area contributed by atoms with Gasteiger partial charge in [-0.2, -0.15) is 0 Å². The minimum absolute atomic E-state index is 0.0235. The topological polar surface area (TPSA) is 79.8 Å². The number of para-hydroxylation sites is 1. The van der Waals surface area contributed by atoms with E-state index in [0.29, 0.717) is 41.9 Å². The SMILES string of the molecule is O=C(CCCn1cnc2ccccc2c1=O)NCCc1c[nH]c2ccc(Cl)cc12. The van der Waals surface area contributed by atoms with E-state index in [1.807, 2.05) is 42.6 Å². The number of hydrogen-bond acceptors (Lipinski definition) is 3. The number of aromatic amines is 1. The van der Waals surface area contributed by atoms with Crippen molar-refractivity contribution in [2.75, 3.05) is 6.54 Å². The van der Waals surface area contributed by atoms with Crippen molar-refractivity contribution in [3.63, 3.8) is 0 Å². The zero-order chi connectivity index (χ0) is 20.2. The molecule has 0 aliphatic heterocycles. The molecule has 7 heteroatoms. The molecule has 0 bridgehead atoms. The summed E-state index contributed by atoms with van der Waals surface area (Å²) in [5.41, 5.74) is 2.76. The van der Waals surface area contributed by atoms with E-state index in [2.05, 4.69) is 15.3 Å². The van der Waals surface area contributed by atoms with Gasteiger partial charge < -0.3 is 10.3 Å². The van der Waals surface area contributed by atoms with Gasteiger partial charge in [0, 0.05) is 41.6 Å². The number of carbonyl (C=O) groups is 1. The molecule has 0 unspecified atom stereocenters. The highest BCUT2D eigenvalue weighted by molar-refractivity contribution is 6.31. The van der Waals surface area contributed by atoms with Gasteiger partial charge in [-0.3, -0.25) is 14.2 Å². The molecule has 6 nitrogen and oxygen atoms in total. The first kappa shape index (κ1) is 19.2. The number of nitrogens with zero attached hydrogens (tertiary/aromatic N) is 2. The number of carbonyl (C=O) groups excluding carboxylic acids is 1. The molecule has 0 saturated carbocycles. The van der Waals surface area contributed by atoms with Gasteiger partial charge in [0.2, 0.25) is 5.91 Å². The summed E-state index contributed by atoms with van der Waals surface area (Å²) >= 11 is 6.07. The van der Waals surface area contributed by atoms with Crippen molar-refractivity contribution < 1.29 is 4.79 Å². The zero-order valence-corrected chi connectivity index (χ0v) is 16.6. The molecule has 1 amide bonds. The van der Waals surface area contributed by atoms with Crippen molar-refractivity contribution in [2.24, 2.45) is 0 Å². The summed E-state index contributed by atoms with van der Waals surface area (Å²) in [5.74, 6) is -0.0235. The number of aromatic nitrogens is 3. The summed E-state index contributed by atoms with van der Waals surface area (Å²) in [6.45, 7) is 1.01. The third-order valence-corrected chi connectivity index (χ3v) is 5.22. The second kappa shape index (κ2) is 8.49. The maximum atomic E-state index is 12.4. The Morgan fingerprint density at radius 3 is 2.93 bits per heavy atom. The van der Waals surface area contributed by atoms with Crippen molar-refractivity contribution in [3.8, 4) is 0 Å². The van der Waals surface area contributed by atoms with Crippen LogP contribution in [0.1, 0.15) is 18.4 Å². The minimum atomic E-state index is -0.0750. The van der Waals surface area contributed by atoms with Gasteiger partial charge >= 0.3 is 0 Å². The van der Waals surface area contributed by atoms with Crippen LogP contribution < -0.4 is 10.9 Å². The van der Waals surface area contributed by atoms with Crippen molar-refractivity contribution in [2.45, 2.75) is 25.8 Å². The average molecular weight is 409 g/mol. The molecule has 148 valence electrons. The molecule has 0 saturated heterocycles. The van der Waals surface area contributed by atoms with E-state index in [1.54, 1.807) is 17.0 Å². The van der Waals surface area contributed by atoms with Gasteiger partial charge in [-0.05, 0) is 48.7 Å². The van der Waals surface area contributed by atoms with Gasteiger partial charge in [-0.15, -0.1) is 0 Å². The normalized spacial score (nSPS) is 11.2. The largest absolute Gasteiger partial charge is 0.361 e. The van der Waals surface area contributed by atoms with Crippen LogP contribution in [0.5, 0.6) is 0 Å². The van der Waals surface area contributed by atoms with E-state index >= 15 is 0 Å². The second-order valence-corrected chi connectivity index (χ2v) is 7.40. The first-order valence-electron chi connectivity index (χ1n) is 9.58. The number of hydrogen-bond donors (Lipinski definition) is 2. The molecule has 2 aromatic heterocycles. The highest BCUT2D eigenvalue weighted by Gasteiger charge is 2.07. The van der Waals surface area contributed by atoms with Crippen LogP contribution >= 0.6 is 11.6 Å². The van der Waals surface area contributed by atoms with E-state index < -0.39 is 0 Å². The number of benzene rings is 2. The zero-order valence-electron chi connectivity index (χ0n) is 15.8.